The number of rotatable bonds is 2. The molecule has 0 unspecified atom stereocenters. The Morgan fingerprint density at radius 1 is 1.08 bits per heavy atom. The van der Waals surface area contributed by atoms with E-state index in [9.17, 15) is 9.59 Å². The molecule has 62 valence electrons. The second-order valence-corrected chi connectivity index (χ2v) is 2.18. The highest BCUT2D eigenvalue weighted by Crippen LogP contribution is 2.19. The number of imide groups is 1. The molecule has 5 heteroatoms. The Morgan fingerprint density at radius 3 is 1.67 bits per heavy atom. The largest absolute Gasteiger partial charge is 0.281 e. The molecule has 1 aliphatic rings. The molecule has 0 spiro atoms. The Hall–Kier alpha value is -1.78. The van der Waals surface area contributed by atoms with Crippen molar-refractivity contribution < 1.29 is 9.59 Å². The lowest BCUT2D eigenvalue weighted by atomic mass is 10.4. The summed E-state index contributed by atoms with van der Waals surface area (Å²) in [6, 6.07) is 0. The third-order valence-corrected chi connectivity index (χ3v) is 1.55. The smallest absolute Gasteiger partial charge is 0.275 e. The third kappa shape index (κ3) is 0.868. The molecule has 0 saturated heterocycles. The van der Waals surface area contributed by atoms with Crippen molar-refractivity contribution in [3.8, 4) is 0 Å². The number of carbonyl (C=O) groups excluding carboxylic acids is 2. The summed E-state index contributed by atoms with van der Waals surface area (Å²) < 4.78 is 0. The fourth-order valence-corrected chi connectivity index (χ4v) is 0.898. The molecule has 0 saturated carbocycles. The van der Waals surface area contributed by atoms with E-state index in [2.05, 4.69) is 23.4 Å². The Kier molecular flexibility index (Phi) is 1.86. The average Bonchev–Trinajstić information content (AvgIpc) is 2.29. The van der Waals surface area contributed by atoms with E-state index in [1.54, 1.807) is 0 Å². The lowest BCUT2D eigenvalue weighted by Crippen LogP contribution is -2.26. The molecule has 2 amide bonds. The number of aliphatic imine (C=N–C) groups is 2. The van der Waals surface area contributed by atoms with Gasteiger partial charge in [-0.2, -0.15) is 0 Å². The van der Waals surface area contributed by atoms with Crippen LogP contribution < -0.4 is 0 Å². The molecule has 1 heterocycles. The van der Waals surface area contributed by atoms with E-state index in [-0.39, 0.29) is 11.4 Å². The quantitative estimate of drug-likeness (QED) is 0.412. The lowest BCUT2D eigenvalue weighted by molar-refractivity contribution is -0.135. The van der Waals surface area contributed by atoms with Crippen molar-refractivity contribution >= 4 is 25.2 Å². The first-order chi connectivity index (χ1) is 5.63. The summed E-state index contributed by atoms with van der Waals surface area (Å²) in [5, 5.41) is 0. The molecule has 0 radical (unpaired) electrons. The maximum Gasteiger partial charge on any atom is 0.281 e. The number of nitrogens with zero attached hydrogens (tertiary/aromatic N) is 3. The molecule has 0 aliphatic carbocycles. The zero-order chi connectivity index (χ0) is 9.30. The van der Waals surface area contributed by atoms with Gasteiger partial charge in [-0.25, -0.2) is 0 Å². The van der Waals surface area contributed by atoms with Gasteiger partial charge < -0.3 is 0 Å². The Bertz CT molecular complexity index is 287. The van der Waals surface area contributed by atoms with Crippen molar-refractivity contribution in [3.05, 3.63) is 11.4 Å². The predicted octanol–water partition coefficient (Wildman–Crippen LogP) is -0.402. The van der Waals surface area contributed by atoms with Crippen LogP contribution in [0.4, 0.5) is 0 Å². The van der Waals surface area contributed by atoms with Gasteiger partial charge in [-0.3, -0.25) is 24.5 Å². The number of amides is 2. The Labute approximate surface area is 69.1 Å². The van der Waals surface area contributed by atoms with E-state index in [1.165, 1.54) is 7.05 Å². The topological polar surface area (TPSA) is 62.1 Å². The maximum absolute atomic E-state index is 11.1. The van der Waals surface area contributed by atoms with Crippen molar-refractivity contribution in [3.63, 3.8) is 0 Å². The fraction of sp³-hybridized carbons (Fsp3) is 0.143. The summed E-state index contributed by atoms with van der Waals surface area (Å²) in [6.07, 6.45) is 0. The van der Waals surface area contributed by atoms with Gasteiger partial charge in [0, 0.05) is 7.05 Å². The molecule has 0 aromatic rings. The Balaban J connectivity index is 3.27. The molecule has 0 aromatic heterocycles. The van der Waals surface area contributed by atoms with Crippen LogP contribution in [0, 0.1) is 0 Å². The number of carbonyl (C=O) groups is 2. The van der Waals surface area contributed by atoms with Gasteiger partial charge in [0.15, 0.2) is 11.4 Å². The van der Waals surface area contributed by atoms with E-state index in [4.69, 9.17) is 0 Å². The van der Waals surface area contributed by atoms with Crippen LogP contribution in [-0.4, -0.2) is 37.2 Å². The fourth-order valence-electron chi connectivity index (χ4n) is 0.898. The molecule has 5 nitrogen and oxygen atoms in total. The highest BCUT2D eigenvalue weighted by atomic mass is 16.2. The van der Waals surface area contributed by atoms with Gasteiger partial charge >= 0.3 is 0 Å². The average molecular weight is 165 g/mol. The van der Waals surface area contributed by atoms with Crippen LogP contribution in [0.3, 0.4) is 0 Å². The maximum atomic E-state index is 11.1. The first-order valence-corrected chi connectivity index (χ1v) is 3.13. The molecule has 1 rings (SSSR count). The normalized spacial score (nSPS) is 17.2. The highest BCUT2D eigenvalue weighted by Gasteiger charge is 2.34. The van der Waals surface area contributed by atoms with Crippen LogP contribution in [0.5, 0.6) is 0 Å². The van der Waals surface area contributed by atoms with E-state index in [0.29, 0.717) is 0 Å². The van der Waals surface area contributed by atoms with Gasteiger partial charge in [0.2, 0.25) is 0 Å². The summed E-state index contributed by atoms with van der Waals surface area (Å²) in [7, 11) is 1.36. The van der Waals surface area contributed by atoms with E-state index in [0.717, 1.165) is 4.90 Å². The first kappa shape index (κ1) is 8.32. The Morgan fingerprint density at radius 2 is 1.42 bits per heavy atom. The van der Waals surface area contributed by atoms with Gasteiger partial charge in [-0.05, 0) is 13.4 Å². The van der Waals surface area contributed by atoms with Gasteiger partial charge in [-0.15, -0.1) is 0 Å². The molecule has 12 heavy (non-hydrogen) atoms. The van der Waals surface area contributed by atoms with Gasteiger partial charge in [0.05, 0.1) is 0 Å². The summed E-state index contributed by atoms with van der Waals surface area (Å²) in [4.78, 5) is 30.0. The van der Waals surface area contributed by atoms with Crippen molar-refractivity contribution in [2.75, 3.05) is 7.05 Å². The van der Waals surface area contributed by atoms with Crippen LogP contribution in [0.25, 0.3) is 0 Å². The summed E-state index contributed by atoms with van der Waals surface area (Å²) >= 11 is 0. The zero-order valence-electron chi connectivity index (χ0n) is 6.57. The molecular formula is C7H7N3O2. The molecule has 0 N–H and O–H groups in total. The SMILES string of the molecule is C=NC1=C(N=C)C(=O)N(C)C1=O. The third-order valence-electron chi connectivity index (χ3n) is 1.55. The second-order valence-electron chi connectivity index (χ2n) is 2.18. The minimum absolute atomic E-state index is 0.0301. The molecule has 1 aliphatic heterocycles. The number of likely N-dealkylation sites (N-methyl/N-ethyl adjacent to an activating group) is 1. The summed E-state index contributed by atoms with van der Waals surface area (Å²) in [6.45, 7) is 6.33. The summed E-state index contributed by atoms with van der Waals surface area (Å²) in [5.74, 6) is -0.977. The second kappa shape index (κ2) is 2.69. The molecule has 0 atom stereocenters. The van der Waals surface area contributed by atoms with Crippen LogP contribution in [0.1, 0.15) is 0 Å². The lowest BCUT2D eigenvalue weighted by Gasteiger charge is -2.03. The minimum atomic E-state index is -0.489. The zero-order valence-corrected chi connectivity index (χ0v) is 6.57. The molecular weight excluding hydrogens is 158 g/mol. The standard InChI is InChI=1S/C7H7N3O2/c1-8-4-5(9-2)7(12)10(3)6(4)11/h1-2H2,3H3. The highest BCUT2D eigenvalue weighted by molar-refractivity contribution is 6.19. The predicted molar refractivity (Wildman–Crippen MR) is 43.9 cm³/mol. The van der Waals surface area contributed by atoms with Crippen LogP contribution >= 0.6 is 0 Å². The molecule has 0 fully saturated rings. The van der Waals surface area contributed by atoms with Crippen molar-refractivity contribution in [2.45, 2.75) is 0 Å². The van der Waals surface area contributed by atoms with E-state index in [1.807, 2.05) is 0 Å². The molecule has 0 bridgehead atoms. The molecule has 0 aromatic carbocycles. The summed E-state index contributed by atoms with van der Waals surface area (Å²) in [5.41, 5.74) is -0.0602. The first-order valence-electron chi connectivity index (χ1n) is 3.13. The van der Waals surface area contributed by atoms with Gasteiger partial charge in [0.25, 0.3) is 11.8 Å². The number of hydrogen-bond donors (Lipinski definition) is 0. The van der Waals surface area contributed by atoms with Crippen LogP contribution in [0.2, 0.25) is 0 Å². The van der Waals surface area contributed by atoms with Crippen molar-refractivity contribution in [1.29, 1.82) is 0 Å². The minimum Gasteiger partial charge on any atom is -0.275 e. The van der Waals surface area contributed by atoms with Crippen LogP contribution in [-0.2, 0) is 9.59 Å². The number of hydrogen-bond acceptors (Lipinski definition) is 4. The van der Waals surface area contributed by atoms with Crippen molar-refractivity contribution in [2.24, 2.45) is 9.98 Å². The monoisotopic (exact) mass is 165 g/mol. The van der Waals surface area contributed by atoms with E-state index < -0.39 is 11.8 Å². The van der Waals surface area contributed by atoms with E-state index >= 15 is 0 Å². The van der Waals surface area contributed by atoms with Crippen LogP contribution in [0.15, 0.2) is 21.4 Å². The van der Waals surface area contributed by atoms with Crippen molar-refractivity contribution in [1.82, 2.24) is 4.90 Å². The van der Waals surface area contributed by atoms with Gasteiger partial charge in [-0.1, -0.05) is 0 Å². The van der Waals surface area contributed by atoms with Gasteiger partial charge in [0.1, 0.15) is 0 Å².